The number of amides is 2. The van der Waals surface area contributed by atoms with E-state index in [9.17, 15) is 18.4 Å². The molecule has 5 saturated heterocycles. The molecule has 0 radical (unpaired) electrons. The number of hydrogen-bond donors (Lipinski definition) is 6. The number of carbonyl (C=O) groups is 2. The molecule has 474 valence electrons. The molecular weight excluding hydrogens is 1220 g/mol. The third-order valence-corrected chi connectivity index (χ3v) is 17.4. The Morgan fingerprint density at radius 1 is 0.489 bits per heavy atom. The third-order valence-electron chi connectivity index (χ3n) is 15.2. The molecule has 0 spiro atoms. The Morgan fingerprint density at radius 3 is 1.18 bits per heavy atom. The van der Waals surface area contributed by atoms with Crippen molar-refractivity contribution in [3.63, 3.8) is 0 Å². The van der Waals surface area contributed by atoms with Crippen LogP contribution >= 0.6 is 34.0 Å². The van der Waals surface area contributed by atoms with Crippen LogP contribution in [0.3, 0.4) is 0 Å². The lowest BCUT2D eigenvalue weighted by Crippen LogP contribution is -2.48. The van der Waals surface area contributed by atoms with Crippen molar-refractivity contribution in [3.05, 3.63) is 103 Å². The second-order valence-electron chi connectivity index (χ2n) is 21.4. The van der Waals surface area contributed by atoms with Gasteiger partial charge in [-0.15, -0.1) is 45.9 Å². The number of ether oxygens (including phenoxy) is 4. The molecule has 0 aliphatic carbocycles. The first kappa shape index (κ1) is 62.5. The van der Waals surface area contributed by atoms with Crippen LogP contribution in [0.25, 0.3) is 0 Å². The lowest BCUT2D eigenvalue weighted by molar-refractivity contribution is -0.126. The minimum absolute atomic E-state index is 0.177. The van der Waals surface area contributed by atoms with E-state index in [1.54, 1.807) is 44.9 Å². The molecule has 2 amide bonds. The van der Waals surface area contributed by atoms with Crippen LogP contribution in [-0.2, 0) is 19.1 Å². The van der Waals surface area contributed by atoms with Crippen molar-refractivity contribution in [2.75, 3.05) is 151 Å². The average Bonchev–Trinajstić information content (AvgIpc) is 2.29. The summed E-state index contributed by atoms with van der Waals surface area (Å²) in [5, 5.41) is 67.4. The Hall–Kier alpha value is -9.12. The first-order valence-corrected chi connectivity index (χ1v) is 31.3. The van der Waals surface area contributed by atoms with Crippen LogP contribution in [0.2, 0.25) is 0 Å². The molecule has 2 aromatic carbocycles. The molecule has 0 saturated carbocycles. The summed E-state index contributed by atoms with van der Waals surface area (Å²) in [6.45, 7) is 6.36. The van der Waals surface area contributed by atoms with Crippen molar-refractivity contribution in [2.24, 2.45) is 0 Å². The van der Waals surface area contributed by atoms with Gasteiger partial charge in [0, 0.05) is 114 Å². The molecule has 6 aromatic heterocycles. The highest BCUT2D eigenvalue weighted by Gasteiger charge is 2.33. The lowest BCUT2D eigenvalue weighted by Gasteiger charge is -2.37. The minimum Gasteiger partial charge on any atom is -0.497 e. The number of nitrogen functional groups attached to an aromatic ring is 1. The summed E-state index contributed by atoms with van der Waals surface area (Å²) >= 11 is 3.88. The van der Waals surface area contributed by atoms with Crippen LogP contribution in [-0.4, -0.2) is 197 Å². The van der Waals surface area contributed by atoms with Crippen molar-refractivity contribution >= 4 is 105 Å². The number of carbonyl (C=O) groups excluding carboxylic acids is 2. The Labute approximate surface area is 528 Å². The van der Waals surface area contributed by atoms with Crippen molar-refractivity contribution in [1.29, 1.82) is 0 Å². The van der Waals surface area contributed by atoms with Crippen LogP contribution in [0, 0.1) is 0 Å². The predicted octanol–water partition coefficient (Wildman–Crippen LogP) is 5.62. The van der Waals surface area contributed by atoms with E-state index in [2.05, 4.69) is 102 Å². The van der Waals surface area contributed by atoms with Gasteiger partial charge >= 0.3 is 0 Å². The van der Waals surface area contributed by atoms with E-state index in [1.165, 1.54) is 48.2 Å². The van der Waals surface area contributed by atoms with Crippen molar-refractivity contribution in [2.45, 2.75) is 61.9 Å². The third kappa shape index (κ3) is 16.0. The van der Waals surface area contributed by atoms with Gasteiger partial charge in [-0.25, -0.2) is 8.78 Å². The highest BCUT2D eigenvalue weighted by Crippen LogP contribution is 2.36. The van der Waals surface area contributed by atoms with Crippen molar-refractivity contribution < 1.29 is 37.3 Å². The van der Waals surface area contributed by atoms with Gasteiger partial charge in [-0.3, -0.25) is 20.2 Å². The standard InChI is InChI=1S/2C23H27FN8O3S.C10H13N7S/c2*1-34-18-9-14(8-17(10-18)32-11-15(24)12-32)20(35-2)21(33)27-23-30-29-22(36-23)26-16-5-7-31(13-16)19-4-3-6-25-28-19;11-9-15-16-10(18-9)13-7-3-5-17(6-7)8-2-1-4-12-14-8/h2*3-4,6,8-10,15-16,20H,5,7,11-13H2,1-2H3,(H,26,29)(H,27,30,33);1-2,4,7H,3,5-6H2,(H2,11,15)(H,13,16)/t16-,20+;16-,20-;7-/m111/s1. The molecular formula is C56H67F2N23O6S3. The number of halogens is 2. The summed E-state index contributed by atoms with van der Waals surface area (Å²) in [7, 11) is 6.01. The number of hydrogen-bond acceptors (Lipinski definition) is 30. The average molecular weight is 1290 g/mol. The first-order valence-electron chi connectivity index (χ1n) is 28.8. The summed E-state index contributed by atoms with van der Waals surface area (Å²) in [4.78, 5) is 36.4. The monoisotopic (exact) mass is 1290 g/mol. The molecule has 5 aliphatic heterocycles. The van der Waals surface area contributed by atoms with E-state index in [0.717, 1.165) is 92.5 Å². The summed E-state index contributed by atoms with van der Waals surface area (Å²) in [5.74, 6) is 2.96. The maximum atomic E-state index is 13.4. The fourth-order valence-corrected chi connectivity index (χ4v) is 12.7. The largest absolute Gasteiger partial charge is 0.497 e. The molecule has 8 aromatic rings. The second kappa shape index (κ2) is 29.5. The normalized spacial score (nSPS) is 18.7. The summed E-state index contributed by atoms with van der Waals surface area (Å²) < 4.78 is 48.5. The molecule has 90 heavy (non-hydrogen) atoms. The molecule has 34 heteroatoms. The van der Waals surface area contributed by atoms with E-state index in [0.29, 0.717) is 80.5 Å². The summed E-state index contributed by atoms with van der Waals surface area (Å²) in [6, 6.07) is 22.9. The lowest BCUT2D eigenvalue weighted by atomic mass is 10.0. The predicted molar refractivity (Wildman–Crippen MR) is 340 cm³/mol. The molecule has 5 aliphatic rings. The van der Waals surface area contributed by atoms with Crippen LogP contribution in [0.15, 0.2) is 91.4 Å². The fraction of sp³-hybridized carbons (Fsp3) is 0.429. The minimum atomic E-state index is -0.906. The number of benzene rings is 2. The zero-order valence-corrected chi connectivity index (χ0v) is 52.0. The molecule has 5 atom stereocenters. The van der Waals surface area contributed by atoms with Gasteiger partial charge in [0.05, 0.1) is 40.4 Å². The van der Waals surface area contributed by atoms with Gasteiger partial charge in [0.15, 0.2) is 29.7 Å². The summed E-state index contributed by atoms with van der Waals surface area (Å²) in [5.41, 5.74) is 8.31. The highest BCUT2D eigenvalue weighted by molar-refractivity contribution is 7.19. The number of nitrogens with zero attached hydrogens (tertiary/aromatic N) is 17. The van der Waals surface area contributed by atoms with Crippen molar-refractivity contribution in [3.8, 4) is 11.5 Å². The molecule has 13 rings (SSSR count). The van der Waals surface area contributed by atoms with Crippen molar-refractivity contribution in [1.82, 2.24) is 61.2 Å². The van der Waals surface area contributed by atoms with E-state index in [-0.39, 0.29) is 23.9 Å². The maximum absolute atomic E-state index is 13.4. The molecule has 11 heterocycles. The van der Waals surface area contributed by atoms with E-state index in [4.69, 9.17) is 24.7 Å². The number of methoxy groups -OCH3 is 4. The first-order chi connectivity index (χ1) is 43.8. The van der Waals surface area contributed by atoms with Gasteiger partial charge in [-0.05, 0) is 91.1 Å². The molecule has 0 unspecified atom stereocenters. The smallest absolute Gasteiger partial charge is 0.259 e. The number of nitrogens with one attached hydrogen (secondary N) is 5. The SMILES string of the molecule is COc1cc([C@@H](OC)C(=O)Nc2nnc(N[C@@H]3CCN(c4cccnn4)C3)s2)cc(N2CC(F)C2)c1.COc1cc([C@H](OC)C(=O)Nc2nnc(N[C@@H]3CCN(c4cccnn4)C3)s2)cc(N2CC(F)C2)c1.Nc1nnc(N[C@@H]2CCN(c3cccnn3)C2)s1. The molecule has 29 nitrogen and oxygen atoms in total. The van der Waals surface area contributed by atoms with E-state index >= 15 is 0 Å². The Bertz CT molecular complexity index is 3430. The van der Waals surface area contributed by atoms with Gasteiger partial charge in [0.1, 0.15) is 23.8 Å². The number of aromatic nitrogens is 12. The highest BCUT2D eigenvalue weighted by atomic mass is 32.1. The van der Waals surface area contributed by atoms with Gasteiger partial charge in [-0.2, -0.15) is 15.3 Å². The van der Waals surface area contributed by atoms with Crippen LogP contribution in [0.1, 0.15) is 42.6 Å². The topological polar surface area (TPSA) is 328 Å². The van der Waals surface area contributed by atoms with Gasteiger partial charge in [0.2, 0.25) is 30.8 Å². The Morgan fingerprint density at radius 2 is 0.856 bits per heavy atom. The quantitative estimate of drug-likeness (QED) is 0.0508. The zero-order valence-electron chi connectivity index (χ0n) is 49.5. The number of anilines is 11. The van der Waals surface area contributed by atoms with Crippen LogP contribution in [0.5, 0.6) is 11.5 Å². The van der Waals surface area contributed by atoms with Crippen LogP contribution < -0.4 is 66.3 Å². The van der Waals surface area contributed by atoms with Crippen LogP contribution in [0.4, 0.5) is 68.4 Å². The molecule has 7 N–H and O–H groups in total. The number of rotatable bonds is 21. The van der Waals surface area contributed by atoms with Gasteiger partial charge in [0.25, 0.3) is 11.8 Å². The fourth-order valence-electron chi connectivity index (χ4n) is 10.6. The second-order valence-corrected chi connectivity index (χ2v) is 24.4. The Balaban J connectivity index is 0.000000147. The molecule has 5 fully saturated rings. The number of alkyl halides is 2. The summed E-state index contributed by atoms with van der Waals surface area (Å²) in [6.07, 6.45) is 4.36. The van der Waals surface area contributed by atoms with Gasteiger partial charge < -0.3 is 65.1 Å². The number of nitrogens with two attached hydrogens (primary N) is 1. The maximum Gasteiger partial charge on any atom is 0.259 e. The van der Waals surface area contributed by atoms with E-state index in [1.807, 2.05) is 70.5 Å². The molecule has 0 bridgehead atoms. The Kier molecular flexibility index (Phi) is 20.5. The van der Waals surface area contributed by atoms with E-state index < -0.39 is 24.6 Å². The zero-order chi connectivity index (χ0) is 62.5. The van der Waals surface area contributed by atoms with Gasteiger partial charge in [-0.1, -0.05) is 34.0 Å².